The Bertz CT molecular complexity index is 265. The van der Waals surface area contributed by atoms with Gasteiger partial charge >= 0.3 is 0 Å². The third-order valence-electron chi connectivity index (χ3n) is 2.16. The molecular formula is C7H13N5. The maximum Gasteiger partial charge on any atom is 0.239 e. The molecule has 1 aromatic heterocycles. The molecule has 66 valence electrons. The lowest BCUT2D eigenvalue weighted by atomic mass is 10.1. The van der Waals surface area contributed by atoms with E-state index >= 15 is 0 Å². The minimum absolute atomic E-state index is 0.0256. The first kappa shape index (κ1) is 7.54. The number of anilines is 1. The molecule has 0 amide bonds. The molecule has 1 aromatic rings. The predicted octanol–water partition coefficient (Wildman–Crippen LogP) is 0.187. The number of nitrogen functional groups attached to an aromatic ring is 1. The van der Waals surface area contributed by atoms with Crippen LogP contribution in [0.25, 0.3) is 0 Å². The molecular weight excluding hydrogens is 154 g/mol. The van der Waals surface area contributed by atoms with E-state index in [9.17, 15) is 0 Å². The van der Waals surface area contributed by atoms with Crippen molar-refractivity contribution < 1.29 is 0 Å². The fraction of sp³-hybridized carbons (Fsp3) is 0.714. The van der Waals surface area contributed by atoms with Crippen LogP contribution in [0.1, 0.15) is 31.1 Å². The van der Waals surface area contributed by atoms with Gasteiger partial charge in [-0.15, -0.1) is 5.10 Å². The Labute approximate surface area is 70.5 Å². The summed E-state index contributed by atoms with van der Waals surface area (Å²) in [6.45, 7) is 0. The number of hydrogen-bond donors (Lipinski definition) is 3. The van der Waals surface area contributed by atoms with Crippen LogP contribution in [0.3, 0.4) is 0 Å². The van der Waals surface area contributed by atoms with Gasteiger partial charge in [0, 0.05) is 0 Å². The molecule has 0 spiro atoms. The van der Waals surface area contributed by atoms with Crippen molar-refractivity contribution in [2.24, 2.45) is 11.7 Å². The van der Waals surface area contributed by atoms with Crippen LogP contribution in [0, 0.1) is 5.92 Å². The molecule has 0 radical (unpaired) electrons. The van der Waals surface area contributed by atoms with Crippen molar-refractivity contribution >= 4 is 5.95 Å². The molecule has 1 aliphatic rings. The van der Waals surface area contributed by atoms with Crippen LogP contribution in [-0.4, -0.2) is 15.2 Å². The van der Waals surface area contributed by atoms with E-state index in [0.29, 0.717) is 5.82 Å². The first-order valence-electron chi connectivity index (χ1n) is 4.19. The quantitative estimate of drug-likeness (QED) is 0.599. The lowest BCUT2D eigenvalue weighted by Gasteiger charge is -2.05. The van der Waals surface area contributed by atoms with Crippen LogP contribution < -0.4 is 11.5 Å². The summed E-state index contributed by atoms with van der Waals surface area (Å²) in [7, 11) is 0. The second kappa shape index (κ2) is 2.75. The fourth-order valence-electron chi connectivity index (χ4n) is 1.28. The van der Waals surface area contributed by atoms with Crippen molar-refractivity contribution in [2.75, 3.05) is 5.73 Å². The Hall–Kier alpha value is -1.10. The Kier molecular flexibility index (Phi) is 1.73. The zero-order valence-electron chi connectivity index (χ0n) is 6.83. The van der Waals surface area contributed by atoms with Crippen molar-refractivity contribution in [3.8, 4) is 0 Å². The summed E-state index contributed by atoms with van der Waals surface area (Å²) in [6, 6.07) is -0.0256. The topological polar surface area (TPSA) is 93.6 Å². The number of aromatic nitrogens is 3. The molecule has 1 saturated carbocycles. The van der Waals surface area contributed by atoms with Gasteiger partial charge in [-0.05, 0) is 12.3 Å². The number of H-pyrrole nitrogens is 1. The summed E-state index contributed by atoms with van der Waals surface area (Å²) < 4.78 is 0. The summed E-state index contributed by atoms with van der Waals surface area (Å²) >= 11 is 0. The van der Waals surface area contributed by atoms with Gasteiger partial charge in [0.25, 0.3) is 0 Å². The monoisotopic (exact) mass is 167 g/mol. The highest BCUT2D eigenvalue weighted by molar-refractivity contribution is 5.14. The maximum atomic E-state index is 5.86. The molecule has 1 fully saturated rings. The van der Waals surface area contributed by atoms with Crippen molar-refractivity contribution in [1.29, 1.82) is 0 Å². The zero-order chi connectivity index (χ0) is 8.55. The molecule has 1 atom stereocenters. The summed E-state index contributed by atoms with van der Waals surface area (Å²) in [5.41, 5.74) is 11.2. The highest BCUT2D eigenvalue weighted by atomic mass is 15.3. The van der Waals surface area contributed by atoms with Crippen molar-refractivity contribution in [3.05, 3.63) is 5.82 Å². The third kappa shape index (κ3) is 1.55. The van der Waals surface area contributed by atoms with Crippen LogP contribution in [0.2, 0.25) is 0 Å². The molecule has 5 nitrogen and oxygen atoms in total. The van der Waals surface area contributed by atoms with Gasteiger partial charge in [0.2, 0.25) is 5.95 Å². The van der Waals surface area contributed by atoms with E-state index in [-0.39, 0.29) is 12.0 Å². The summed E-state index contributed by atoms with van der Waals surface area (Å²) in [5.74, 6) is 1.78. The van der Waals surface area contributed by atoms with Gasteiger partial charge in [0.15, 0.2) is 0 Å². The molecule has 0 aliphatic heterocycles. The average molecular weight is 167 g/mol. The molecule has 2 rings (SSSR count). The Morgan fingerprint density at radius 1 is 1.58 bits per heavy atom. The highest BCUT2D eigenvalue weighted by Gasteiger charge is 2.25. The van der Waals surface area contributed by atoms with E-state index in [1.807, 2.05) is 0 Å². The van der Waals surface area contributed by atoms with E-state index in [2.05, 4.69) is 15.2 Å². The molecule has 0 saturated heterocycles. The SMILES string of the molecule is Nc1n[nH]c(C(N)CC2CC2)n1. The standard InChI is InChI=1S/C7H13N5/c8-5(3-4-1-2-4)6-10-7(9)12-11-6/h4-5H,1-3,8H2,(H3,9,10,11,12). The van der Waals surface area contributed by atoms with Crippen LogP contribution in [-0.2, 0) is 0 Å². The van der Waals surface area contributed by atoms with E-state index in [4.69, 9.17) is 11.5 Å². The van der Waals surface area contributed by atoms with Gasteiger partial charge in [-0.25, -0.2) is 0 Å². The van der Waals surface area contributed by atoms with Crippen molar-refractivity contribution in [1.82, 2.24) is 15.2 Å². The van der Waals surface area contributed by atoms with Gasteiger partial charge in [0.05, 0.1) is 6.04 Å². The lowest BCUT2D eigenvalue weighted by Crippen LogP contribution is -2.12. The van der Waals surface area contributed by atoms with Crippen molar-refractivity contribution in [2.45, 2.75) is 25.3 Å². The molecule has 1 heterocycles. The number of nitrogens with zero attached hydrogens (tertiary/aromatic N) is 2. The zero-order valence-corrected chi connectivity index (χ0v) is 6.83. The van der Waals surface area contributed by atoms with Gasteiger partial charge in [-0.3, -0.25) is 5.10 Å². The fourth-order valence-corrected chi connectivity index (χ4v) is 1.28. The van der Waals surface area contributed by atoms with Crippen molar-refractivity contribution in [3.63, 3.8) is 0 Å². The lowest BCUT2D eigenvalue weighted by molar-refractivity contribution is 0.569. The molecule has 1 unspecified atom stereocenters. The van der Waals surface area contributed by atoms with Crippen LogP contribution in [0.4, 0.5) is 5.95 Å². The molecule has 0 bridgehead atoms. The predicted molar refractivity (Wildman–Crippen MR) is 45.1 cm³/mol. The first-order valence-corrected chi connectivity index (χ1v) is 4.19. The minimum atomic E-state index is -0.0256. The number of nitrogens with one attached hydrogen (secondary N) is 1. The Balaban J connectivity index is 1.97. The molecule has 1 aliphatic carbocycles. The Morgan fingerprint density at radius 3 is 2.83 bits per heavy atom. The van der Waals surface area contributed by atoms with E-state index in [0.717, 1.165) is 12.3 Å². The molecule has 0 aromatic carbocycles. The van der Waals surface area contributed by atoms with E-state index < -0.39 is 0 Å². The number of hydrogen-bond acceptors (Lipinski definition) is 4. The molecule has 12 heavy (non-hydrogen) atoms. The minimum Gasteiger partial charge on any atom is -0.367 e. The van der Waals surface area contributed by atoms with Gasteiger partial charge in [-0.2, -0.15) is 4.98 Å². The molecule has 5 N–H and O–H groups in total. The number of aromatic amines is 1. The van der Waals surface area contributed by atoms with Gasteiger partial charge < -0.3 is 11.5 Å². The molecule has 5 heteroatoms. The largest absolute Gasteiger partial charge is 0.367 e. The van der Waals surface area contributed by atoms with E-state index in [1.165, 1.54) is 12.8 Å². The Morgan fingerprint density at radius 2 is 2.33 bits per heavy atom. The van der Waals surface area contributed by atoms with Crippen LogP contribution >= 0.6 is 0 Å². The number of rotatable bonds is 3. The van der Waals surface area contributed by atoms with Gasteiger partial charge in [-0.1, -0.05) is 12.8 Å². The second-order valence-electron chi connectivity index (χ2n) is 3.36. The second-order valence-corrected chi connectivity index (χ2v) is 3.36. The normalized spacial score (nSPS) is 19.4. The average Bonchev–Trinajstić information content (AvgIpc) is 2.72. The summed E-state index contributed by atoms with van der Waals surface area (Å²) in [4.78, 5) is 3.98. The maximum absolute atomic E-state index is 5.86. The van der Waals surface area contributed by atoms with Crippen LogP contribution in [0.15, 0.2) is 0 Å². The number of nitrogens with two attached hydrogens (primary N) is 2. The third-order valence-corrected chi connectivity index (χ3v) is 2.16. The summed E-state index contributed by atoms with van der Waals surface area (Å²) in [5, 5.41) is 6.45. The highest BCUT2D eigenvalue weighted by Crippen LogP contribution is 2.35. The van der Waals surface area contributed by atoms with E-state index in [1.54, 1.807) is 0 Å². The smallest absolute Gasteiger partial charge is 0.239 e. The van der Waals surface area contributed by atoms with Gasteiger partial charge in [0.1, 0.15) is 5.82 Å². The van der Waals surface area contributed by atoms with Crippen LogP contribution in [0.5, 0.6) is 0 Å². The summed E-state index contributed by atoms with van der Waals surface area (Å²) in [6.07, 6.45) is 3.60. The first-order chi connectivity index (χ1) is 5.75.